The molecule has 0 amide bonds. The second-order valence-corrected chi connectivity index (χ2v) is 7.40. The second-order valence-electron chi connectivity index (χ2n) is 5.83. The molecule has 2 aromatic carbocycles. The van der Waals surface area contributed by atoms with Crippen molar-refractivity contribution in [3.63, 3.8) is 0 Å². The summed E-state index contributed by atoms with van der Waals surface area (Å²) < 4.78 is 35.9. The van der Waals surface area contributed by atoms with E-state index in [-0.39, 0.29) is 4.90 Å². The lowest BCUT2D eigenvalue weighted by molar-refractivity contribution is 0.227. The lowest BCUT2D eigenvalue weighted by atomic mass is 10.2. The highest BCUT2D eigenvalue weighted by atomic mass is 32.2. The molecule has 3 rings (SSSR count). The van der Waals surface area contributed by atoms with E-state index in [1.807, 2.05) is 37.3 Å². The van der Waals surface area contributed by atoms with Gasteiger partial charge in [-0.05, 0) is 45.0 Å². The first-order chi connectivity index (χ1) is 11.9. The molecule has 0 spiro atoms. The lowest BCUT2D eigenvalue weighted by Gasteiger charge is -2.11. The smallest absolute Gasteiger partial charge is 0.297 e. The molecule has 1 unspecified atom stereocenters. The summed E-state index contributed by atoms with van der Waals surface area (Å²) >= 11 is 0. The SMILES string of the molecule is Cc1ccc(S(=O)(=O)OC(C)c2nc(-c3ccccc3)oc2C)cc1. The number of aryl methyl sites for hydroxylation is 2. The number of hydrogen-bond acceptors (Lipinski definition) is 5. The maximum atomic E-state index is 12.4. The standard InChI is InChI=1S/C19H19NO4S/c1-13-9-11-17(12-10-13)25(21,22)24-15(3)18-14(2)23-19(20-18)16-7-5-4-6-8-16/h4-12,15H,1-3H3. The highest BCUT2D eigenvalue weighted by Gasteiger charge is 2.24. The van der Waals surface area contributed by atoms with Gasteiger partial charge in [-0.3, -0.25) is 4.18 Å². The quantitative estimate of drug-likeness (QED) is 0.632. The highest BCUT2D eigenvalue weighted by molar-refractivity contribution is 7.86. The van der Waals surface area contributed by atoms with E-state index in [4.69, 9.17) is 8.60 Å². The number of benzene rings is 2. The van der Waals surface area contributed by atoms with E-state index in [1.54, 1.807) is 26.0 Å². The van der Waals surface area contributed by atoms with Crippen LogP contribution in [0.15, 0.2) is 63.9 Å². The molecule has 1 atom stereocenters. The first kappa shape index (κ1) is 17.4. The van der Waals surface area contributed by atoms with Crippen molar-refractivity contribution in [3.8, 4) is 11.5 Å². The molecular weight excluding hydrogens is 338 g/mol. The second kappa shape index (κ2) is 6.82. The summed E-state index contributed by atoms with van der Waals surface area (Å²) in [5.41, 5.74) is 2.27. The Balaban J connectivity index is 1.85. The van der Waals surface area contributed by atoms with Crippen LogP contribution in [0.25, 0.3) is 11.5 Å². The Morgan fingerprint density at radius 3 is 2.28 bits per heavy atom. The van der Waals surface area contributed by atoms with Crippen LogP contribution < -0.4 is 0 Å². The van der Waals surface area contributed by atoms with Crippen molar-refractivity contribution in [2.75, 3.05) is 0 Å². The van der Waals surface area contributed by atoms with Gasteiger partial charge in [-0.2, -0.15) is 8.42 Å². The van der Waals surface area contributed by atoms with Gasteiger partial charge in [0, 0.05) is 5.56 Å². The Kier molecular flexibility index (Phi) is 4.74. The highest BCUT2D eigenvalue weighted by Crippen LogP contribution is 2.29. The lowest BCUT2D eigenvalue weighted by Crippen LogP contribution is -2.11. The van der Waals surface area contributed by atoms with Gasteiger partial charge in [0.2, 0.25) is 5.89 Å². The van der Waals surface area contributed by atoms with Gasteiger partial charge < -0.3 is 4.42 Å². The van der Waals surface area contributed by atoms with E-state index >= 15 is 0 Å². The normalized spacial score (nSPS) is 12.9. The first-order valence-electron chi connectivity index (χ1n) is 7.89. The van der Waals surface area contributed by atoms with Crippen LogP contribution in [-0.4, -0.2) is 13.4 Å². The van der Waals surface area contributed by atoms with Gasteiger partial charge in [-0.15, -0.1) is 0 Å². The number of hydrogen-bond donors (Lipinski definition) is 0. The number of nitrogens with zero attached hydrogens (tertiary/aromatic N) is 1. The average Bonchev–Trinajstić information content (AvgIpc) is 2.98. The molecule has 0 fully saturated rings. The van der Waals surface area contributed by atoms with Crippen molar-refractivity contribution in [2.45, 2.75) is 31.8 Å². The van der Waals surface area contributed by atoms with Crippen LogP contribution in [0, 0.1) is 13.8 Å². The monoisotopic (exact) mass is 357 g/mol. The van der Waals surface area contributed by atoms with Crippen molar-refractivity contribution in [3.05, 3.63) is 71.6 Å². The minimum Gasteiger partial charge on any atom is -0.441 e. The van der Waals surface area contributed by atoms with E-state index in [2.05, 4.69) is 4.98 Å². The Hall–Kier alpha value is -2.44. The largest absolute Gasteiger partial charge is 0.441 e. The third-order valence-corrected chi connectivity index (χ3v) is 5.21. The molecule has 3 aromatic rings. The zero-order chi connectivity index (χ0) is 18.0. The molecule has 0 radical (unpaired) electrons. The predicted molar refractivity (Wildman–Crippen MR) is 94.5 cm³/mol. The minimum absolute atomic E-state index is 0.120. The summed E-state index contributed by atoms with van der Waals surface area (Å²) in [5, 5.41) is 0. The summed E-state index contributed by atoms with van der Waals surface area (Å²) in [5.74, 6) is 0.974. The molecule has 1 heterocycles. The van der Waals surface area contributed by atoms with Gasteiger partial charge in [0.05, 0.1) is 4.90 Å². The molecule has 0 saturated carbocycles. The summed E-state index contributed by atoms with van der Waals surface area (Å²) in [7, 11) is -3.88. The molecule has 25 heavy (non-hydrogen) atoms. The van der Waals surface area contributed by atoms with E-state index in [0.29, 0.717) is 17.3 Å². The number of aromatic nitrogens is 1. The third-order valence-electron chi connectivity index (χ3n) is 3.82. The van der Waals surface area contributed by atoms with Crippen molar-refractivity contribution < 1.29 is 17.0 Å². The molecule has 0 aliphatic carbocycles. The summed E-state index contributed by atoms with van der Waals surface area (Å²) in [6, 6.07) is 16.0. The van der Waals surface area contributed by atoms with Gasteiger partial charge in [0.15, 0.2) is 0 Å². The molecule has 1 aromatic heterocycles. The molecule has 6 heteroatoms. The third kappa shape index (κ3) is 3.81. The van der Waals surface area contributed by atoms with Crippen molar-refractivity contribution >= 4 is 10.1 Å². The minimum atomic E-state index is -3.88. The number of rotatable bonds is 5. The van der Waals surface area contributed by atoms with Crippen LogP contribution in [-0.2, 0) is 14.3 Å². The fraction of sp³-hybridized carbons (Fsp3) is 0.211. The maximum Gasteiger partial charge on any atom is 0.297 e. The molecule has 5 nitrogen and oxygen atoms in total. The average molecular weight is 357 g/mol. The molecule has 0 aliphatic rings. The molecule has 0 aliphatic heterocycles. The van der Waals surface area contributed by atoms with Crippen LogP contribution in [0.4, 0.5) is 0 Å². The Morgan fingerprint density at radius 1 is 1.00 bits per heavy atom. The van der Waals surface area contributed by atoms with Crippen LogP contribution in [0.3, 0.4) is 0 Å². The van der Waals surface area contributed by atoms with Crippen molar-refractivity contribution in [1.82, 2.24) is 4.98 Å². The molecular formula is C19H19NO4S. The maximum absolute atomic E-state index is 12.4. The van der Waals surface area contributed by atoms with Crippen LogP contribution in [0.5, 0.6) is 0 Å². The van der Waals surface area contributed by atoms with Crippen LogP contribution >= 0.6 is 0 Å². The Morgan fingerprint density at radius 2 is 1.64 bits per heavy atom. The zero-order valence-corrected chi connectivity index (χ0v) is 15.1. The summed E-state index contributed by atoms with van der Waals surface area (Å²) in [6.07, 6.45) is -0.757. The van der Waals surface area contributed by atoms with Crippen molar-refractivity contribution in [2.24, 2.45) is 0 Å². The Bertz CT molecular complexity index is 960. The van der Waals surface area contributed by atoms with Crippen LogP contribution in [0.2, 0.25) is 0 Å². The van der Waals surface area contributed by atoms with Crippen molar-refractivity contribution in [1.29, 1.82) is 0 Å². The van der Waals surface area contributed by atoms with Gasteiger partial charge >= 0.3 is 0 Å². The van der Waals surface area contributed by atoms with E-state index in [0.717, 1.165) is 11.1 Å². The Labute approximate surface area is 147 Å². The number of oxazole rings is 1. The summed E-state index contributed by atoms with van der Waals surface area (Å²) in [6.45, 7) is 5.28. The predicted octanol–water partition coefficient (Wildman–Crippen LogP) is 4.42. The zero-order valence-electron chi connectivity index (χ0n) is 14.3. The van der Waals surface area contributed by atoms with Crippen LogP contribution in [0.1, 0.15) is 30.0 Å². The molecule has 0 bridgehead atoms. The molecule has 0 N–H and O–H groups in total. The van der Waals surface area contributed by atoms with E-state index < -0.39 is 16.2 Å². The summed E-state index contributed by atoms with van der Waals surface area (Å²) in [4.78, 5) is 4.54. The molecule has 0 saturated heterocycles. The van der Waals surface area contributed by atoms with Gasteiger partial charge in [-0.1, -0.05) is 35.9 Å². The van der Waals surface area contributed by atoms with Gasteiger partial charge in [0.1, 0.15) is 17.6 Å². The molecule has 130 valence electrons. The van der Waals surface area contributed by atoms with Gasteiger partial charge in [0.25, 0.3) is 10.1 Å². The van der Waals surface area contributed by atoms with Gasteiger partial charge in [-0.25, -0.2) is 4.98 Å². The van der Waals surface area contributed by atoms with E-state index in [9.17, 15) is 8.42 Å². The first-order valence-corrected chi connectivity index (χ1v) is 9.30. The fourth-order valence-corrected chi connectivity index (χ4v) is 3.54. The topological polar surface area (TPSA) is 69.4 Å². The fourth-order valence-electron chi connectivity index (χ4n) is 2.49. The van der Waals surface area contributed by atoms with E-state index in [1.165, 1.54) is 12.1 Å².